The van der Waals surface area contributed by atoms with E-state index in [2.05, 4.69) is 38.5 Å². The highest BCUT2D eigenvalue weighted by Gasteiger charge is 2.23. The Morgan fingerprint density at radius 2 is 0.612 bits per heavy atom. The zero-order chi connectivity index (χ0) is 108. The van der Waals surface area contributed by atoms with Crippen molar-refractivity contribution >= 4 is 171 Å². The third kappa shape index (κ3) is 191. The van der Waals surface area contributed by atoms with E-state index in [4.69, 9.17) is 61.7 Å². The minimum Gasteiger partial charge on any atom is -0.465 e. The Labute approximate surface area is 922 Å². The molecule has 0 bridgehead atoms. The van der Waals surface area contributed by atoms with E-state index in [1.807, 2.05) is 225 Å². The maximum absolute atomic E-state index is 11.5. The number of ether oxygens (including phenoxy) is 1. The molecular formula is C98H177ClO30P18+2. The van der Waals surface area contributed by atoms with Crippen LogP contribution in [0.3, 0.4) is 0 Å². The molecule has 0 heterocycles. The Hall–Kier alpha value is -6.62. The van der Waals surface area contributed by atoms with Crippen molar-refractivity contribution in [2.24, 2.45) is 0 Å². The first-order valence-electron chi connectivity index (χ1n) is 41.2. The number of benzene rings is 8. The Morgan fingerprint density at radius 1 is 0.374 bits per heavy atom. The average Bonchev–Trinajstić information content (AvgIpc) is 0.891. The van der Waals surface area contributed by atoms with Crippen molar-refractivity contribution in [3.8, 4) is 46.0 Å². The first-order chi connectivity index (χ1) is 66.4. The summed E-state index contributed by atoms with van der Waals surface area (Å²) in [5.41, 5.74) is 0.636. The standard InChI is InChI=1S/C12H10O3P.C9H12O2P.C8H7O4P.C6H11O2P.4C6H5O2P.C5H9O2P.C4H9OP.C3H7OP.5C2H6.CH2ClOP.6CH3OP.10CH4.H2/c13-16(14-11-7-3-1-4-8-11)15-12-9-5-2-6-10-12;1-2-8-12(10)11-9-6-4-3-5-7-9;1-11-8(9)6-2-4-7(5-3-6)12-13-10;5*7-9-8-6-4-2-1-3-5-6;1-2-3-4-5-7-8-6;1-4(2,3)6-5;1-2-3-5-4;5*1-2;2-1-4-3;6*1-3-2;;;;;;;;;;;/h1-10H;3-7H,2,8H2,1H3;2-5H,1H3;6H,1-5H2;4*1-5H;2H,1,3-5H2;1-3H3;2-3H2,1H3;5*1-2H3;1H2;6*1H3;10*1H4;1H/q2*+1;;;;;;;;;;;;;;;;;;;;;;;;;;;;;;;;. The van der Waals surface area contributed by atoms with Gasteiger partial charge in [0.2, 0.25) is 0 Å². The maximum atomic E-state index is 11.5. The van der Waals surface area contributed by atoms with Crippen LogP contribution in [0.2, 0.25) is 0 Å². The van der Waals surface area contributed by atoms with E-state index < -0.39 is 30.9 Å². The normalized spacial score (nSPS) is 9.07. The van der Waals surface area contributed by atoms with E-state index in [0.29, 0.717) is 64.3 Å². The summed E-state index contributed by atoms with van der Waals surface area (Å²) < 4.78 is 226. The van der Waals surface area contributed by atoms with E-state index in [9.17, 15) is 55.0 Å². The molecule has 0 saturated heterocycles. The molecule has 8 aromatic carbocycles. The molecule has 8 aromatic rings. The van der Waals surface area contributed by atoms with Crippen LogP contribution in [-0.4, -0.2) is 88.9 Å². The van der Waals surface area contributed by atoms with Gasteiger partial charge in [-0.25, -0.2) is 45.8 Å². The number of carbonyl (C=O) groups is 1. The van der Waals surface area contributed by atoms with Crippen molar-refractivity contribution in [2.75, 3.05) is 71.7 Å². The van der Waals surface area contributed by atoms with Crippen LogP contribution in [0.5, 0.6) is 46.0 Å². The third-order valence-corrected chi connectivity index (χ3v) is 16.9. The first-order valence-corrected chi connectivity index (χ1v) is 59.7. The number of rotatable bonds is 29. The molecule has 147 heavy (non-hydrogen) atoms. The van der Waals surface area contributed by atoms with Crippen molar-refractivity contribution in [2.45, 2.75) is 247 Å². The summed E-state index contributed by atoms with van der Waals surface area (Å²) in [6.07, 6.45) is 13.2. The van der Waals surface area contributed by atoms with E-state index >= 15 is 0 Å². The van der Waals surface area contributed by atoms with Crippen LogP contribution in [0.1, 0.15) is 248 Å². The van der Waals surface area contributed by atoms with Gasteiger partial charge in [0.25, 0.3) is 0 Å². The minimum absolute atomic E-state index is 0. The third-order valence-electron chi connectivity index (χ3n) is 11.2. The van der Waals surface area contributed by atoms with Crippen LogP contribution in [-0.2, 0) is 96.0 Å². The molecule has 0 radical (unpaired) electrons. The molecule has 844 valence electrons. The molecule has 49 heteroatoms. The second-order valence-electron chi connectivity index (χ2n) is 21.8. The second kappa shape index (κ2) is 190. The molecule has 1 saturated carbocycles. The molecule has 0 spiro atoms. The van der Waals surface area contributed by atoms with Gasteiger partial charge in [0.05, 0.1) is 25.4 Å². The number of methoxy groups -OCH3 is 1. The largest absolute Gasteiger partial charge is 0.805 e. The SMILES string of the molecule is C.C.C.C.C.C.C.C.C.C.C=CCCCOP=O.CC.CC.CC.CC.CC.CC(C)(C)P=O.CCCP=O.CCC[P+](=O)Oc1ccccc1.COC(=O)c1ccc(OP=O)cc1.CP=O.CP=O.CP=O.CP=O.CP=O.CP=O.O=PCCl.O=POC1CCCCC1.O=POc1ccccc1.O=POc1ccccc1.O=POc1ccccc1.O=POc1ccccc1.O=[P+](Oc1ccccc1)Oc1ccccc1.[HH]. The van der Waals surface area contributed by atoms with Gasteiger partial charge >= 0.3 is 83.1 Å². The molecule has 1 unspecified atom stereocenters. The lowest BCUT2D eigenvalue weighted by atomic mass is 9.98. The number of allylic oxidation sites excluding steroid dienone is 1. The number of hydrogen-bond donors (Lipinski definition) is 0. The fraction of sp³-hybridized carbons (Fsp3) is 0.480. The first kappa shape index (κ1) is 201. The predicted molar refractivity (Wildman–Crippen MR) is 641 cm³/mol. The quantitative estimate of drug-likeness (QED) is 0.0138. The van der Waals surface area contributed by atoms with Gasteiger partial charge in [-0.1, -0.05) is 310 Å². The van der Waals surface area contributed by atoms with E-state index in [1.165, 1.54) is 50.6 Å². The summed E-state index contributed by atoms with van der Waals surface area (Å²) in [6.45, 7) is 43.1. The molecular weight excluding hydrogens is 2250 g/mol. The Morgan fingerprint density at radius 3 is 0.796 bits per heavy atom. The summed E-state index contributed by atoms with van der Waals surface area (Å²) >= 11 is 4.86. The van der Waals surface area contributed by atoms with E-state index in [-0.39, 0.29) is 221 Å². The topological polar surface area (TPSA) is 426 Å². The predicted octanol–water partition coefficient (Wildman–Crippen LogP) is 45.3. The number of halogens is 1. The van der Waals surface area contributed by atoms with Crippen molar-refractivity contribution in [1.82, 2.24) is 0 Å². The van der Waals surface area contributed by atoms with Crippen molar-refractivity contribution in [3.05, 3.63) is 255 Å². The minimum atomic E-state index is -2.18. The molecule has 9 rings (SSSR count). The molecule has 1 fully saturated rings. The molecule has 0 aliphatic heterocycles. The average molecular weight is 2430 g/mol. The number of hydrogen-bond acceptors (Lipinski definition) is 30. The van der Waals surface area contributed by atoms with E-state index in [0.717, 1.165) is 44.7 Å². The van der Waals surface area contributed by atoms with Gasteiger partial charge in [-0.05, 0) is 173 Å². The fourth-order valence-corrected chi connectivity index (χ4v) is 9.74. The molecule has 30 nitrogen and oxygen atoms in total. The van der Waals surface area contributed by atoms with Crippen LogP contribution in [0.4, 0.5) is 0 Å². The molecule has 0 amide bonds. The maximum Gasteiger partial charge on any atom is 0.805 e. The number of unbranched alkanes of at least 4 members (excludes halogenated alkanes) is 1. The van der Waals surface area contributed by atoms with Gasteiger partial charge in [0, 0.05) is 57.3 Å². The zero-order valence-electron chi connectivity index (χ0n) is 81.7. The molecule has 1 aliphatic carbocycles. The van der Waals surface area contributed by atoms with Crippen LogP contribution in [0.25, 0.3) is 0 Å². The molecule has 0 aromatic heterocycles. The monoisotopic (exact) mass is 2430 g/mol. The lowest BCUT2D eigenvalue weighted by Gasteiger charge is -2.17. The number of alkyl halides is 1. The molecule has 0 N–H and O–H groups in total. The Bertz CT molecular complexity index is 3700. The van der Waals surface area contributed by atoms with Gasteiger partial charge < -0.3 is 27.4 Å². The van der Waals surface area contributed by atoms with E-state index in [1.54, 1.807) is 137 Å². The van der Waals surface area contributed by atoms with Crippen LogP contribution in [0.15, 0.2) is 249 Å². The summed E-state index contributed by atoms with van der Waals surface area (Å²) in [4.78, 5) is 11.0. The second-order valence-corrected chi connectivity index (χ2v) is 32.0. The van der Waals surface area contributed by atoms with Gasteiger partial charge in [-0.15, -0.1) is 18.2 Å². The van der Waals surface area contributed by atoms with Crippen molar-refractivity contribution < 1.29 is 138 Å². The van der Waals surface area contributed by atoms with Gasteiger partial charge in [0.1, 0.15) is 34.4 Å². The van der Waals surface area contributed by atoms with Gasteiger partial charge in [0.15, 0.2) is 99.6 Å². The van der Waals surface area contributed by atoms with Crippen LogP contribution in [0, 0.1) is 0 Å². The van der Waals surface area contributed by atoms with Crippen molar-refractivity contribution in [1.29, 1.82) is 0 Å². The number of carbonyl (C=O) groups excluding carboxylic acids is 1. The smallest absolute Gasteiger partial charge is 0.465 e. The Balaban J connectivity index is -0.0000000475. The lowest BCUT2D eigenvalue weighted by molar-refractivity contribution is 0.0600. The highest BCUT2D eigenvalue weighted by Crippen LogP contribution is 2.31. The summed E-state index contributed by atoms with van der Waals surface area (Å²) in [7, 11) is -2.87. The Kier molecular flexibility index (Phi) is 261. The fourth-order valence-electron chi connectivity index (χ4n) is 6.54. The van der Waals surface area contributed by atoms with Crippen LogP contribution >= 0.6 is 165 Å². The lowest BCUT2D eigenvalue weighted by Crippen LogP contribution is -2.11. The summed E-state index contributed by atoms with van der Waals surface area (Å²) in [6, 6.07) is 69.2. The summed E-state index contributed by atoms with van der Waals surface area (Å²) in [5, 5.41) is -0.0417. The van der Waals surface area contributed by atoms with Gasteiger partial charge in [-0.3, -0.25) is 54.7 Å². The van der Waals surface area contributed by atoms with Crippen LogP contribution < -0.4 is 36.2 Å². The highest BCUT2D eigenvalue weighted by atomic mass is 35.5. The van der Waals surface area contributed by atoms with Gasteiger partial charge in [-0.2, -0.15) is 0 Å². The summed E-state index contributed by atoms with van der Waals surface area (Å²) in [5.74, 6) is 4.24. The molecule has 1 aliphatic rings. The highest BCUT2D eigenvalue weighted by molar-refractivity contribution is 7.39. The molecule has 1 atom stereocenters. The number of esters is 1. The number of para-hydroxylation sites is 7. The zero-order valence-corrected chi connectivity index (χ0v) is 98.6. The van der Waals surface area contributed by atoms with Crippen molar-refractivity contribution in [3.63, 3.8) is 0 Å².